The number of benzene rings is 1. The lowest BCUT2D eigenvalue weighted by molar-refractivity contribution is -0.135. The van der Waals surface area contributed by atoms with Gasteiger partial charge in [-0.25, -0.2) is 13.6 Å². The van der Waals surface area contributed by atoms with Crippen molar-refractivity contribution in [2.24, 2.45) is 5.14 Å². The van der Waals surface area contributed by atoms with E-state index in [1.807, 2.05) is 0 Å². The smallest absolute Gasteiger partial charge is 0.323 e. The minimum Gasteiger partial charge on any atom is -0.480 e. The number of sulfonamides is 1. The number of aliphatic carboxylic acids is 1. The second-order valence-electron chi connectivity index (χ2n) is 3.48. The lowest BCUT2D eigenvalue weighted by Gasteiger charge is -2.19. The van der Waals surface area contributed by atoms with Gasteiger partial charge in [0.2, 0.25) is 10.0 Å². The summed E-state index contributed by atoms with van der Waals surface area (Å²) >= 11 is 0. The van der Waals surface area contributed by atoms with E-state index in [9.17, 15) is 13.2 Å². The zero-order valence-electron chi connectivity index (χ0n) is 9.12. The Bertz CT molecular complexity index is 541. The molecule has 0 radical (unpaired) electrons. The lowest BCUT2D eigenvalue weighted by Crippen LogP contribution is -2.26. The zero-order valence-corrected chi connectivity index (χ0v) is 9.94. The van der Waals surface area contributed by atoms with Gasteiger partial charge in [-0.1, -0.05) is 6.07 Å². The summed E-state index contributed by atoms with van der Waals surface area (Å²) in [5.74, 6) is -1.05. The van der Waals surface area contributed by atoms with E-state index in [-0.39, 0.29) is 17.1 Å². The van der Waals surface area contributed by atoms with Crippen LogP contribution in [0.4, 0.5) is 11.4 Å². The molecule has 0 aliphatic carbocycles. The Balaban J connectivity index is 3.24. The number of rotatable bonds is 4. The number of carboxylic acids is 1. The van der Waals surface area contributed by atoms with Crippen molar-refractivity contribution in [3.8, 4) is 0 Å². The number of nitrogen functional groups attached to an aromatic ring is 1. The molecule has 0 bridgehead atoms. The Labute approximate surface area is 98.7 Å². The molecular formula is C9H13N3O4S. The van der Waals surface area contributed by atoms with E-state index >= 15 is 0 Å². The molecule has 8 heteroatoms. The van der Waals surface area contributed by atoms with Crippen LogP contribution < -0.4 is 15.8 Å². The minimum atomic E-state index is -3.92. The van der Waals surface area contributed by atoms with Gasteiger partial charge in [-0.05, 0) is 12.1 Å². The molecule has 0 aliphatic rings. The van der Waals surface area contributed by atoms with Crippen molar-refractivity contribution in [3.63, 3.8) is 0 Å². The van der Waals surface area contributed by atoms with Gasteiger partial charge in [0.15, 0.2) is 0 Å². The molecular weight excluding hydrogens is 246 g/mol. The third-order valence-electron chi connectivity index (χ3n) is 2.13. The summed E-state index contributed by atoms with van der Waals surface area (Å²) in [7, 11) is -2.42. The van der Waals surface area contributed by atoms with Crippen LogP contribution in [0.25, 0.3) is 0 Å². The first-order valence-electron chi connectivity index (χ1n) is 4.57. The van der Waals surface area contributed by atoms with Crippen molar-refractivity contribution in [3.05, 3.63) is 18.2 Å². The molecule has 17 heavy (non-hydrogen) atoms. The number of likely N-dealkylation sites (N-methyl/N-ethyl adjacent to an activating group) is 1. The Morgan fingerprint density at radius 1 is 1.47 bits per heavy atom. The van der Waals surface area contributed by atoms with Gasteiger partial charge in [-0.15, -0.1) is 0 Å². The molecule has 0 spiro atoms. The quantitative estimate of drug-likeness (QED) is 0.622. The second-order valence-corrected chi connectivity index (χ2v) is 5.01. The number of nitrogens with two attached hydrogens (primary N) is 2. The van der Waals surface area contributed by atoms with Crippen LogP contribution in [-0.2, 0) is 14.8 Å². The van der Waals surface area contributed by atoms with Crippen LogP contribution in [0.5, 0.6) is 0 Å². The molecule has 0 unspecified atom stereocenters. The minimum absolute atomic E-state index is 0.0567. The Kier molecular flexibility index (Phi) is 3.59. The molecule has 94 valence electrons. The number of primary sulfonamides is 1. The molecule has 0 saturated carbocycles. The fraction of sp³-hybridized carbons (Fsp3) is 0.222. The Hall–Kier alpha value is -1.80. The van der Waals surface area contributed by atoms with E-state index in [1.165, 1.54) is 30.1 Å². The maximum atomic E-state index is 11.2. The fourth-order valence-electron chi connectivity index (χ4n) is 1.40. The SMILES string of the molecule is CN(CC(=O)O)c1cccc(S(N)(=O)=O)c1N. The summed E-state index contributed by atoms with van der Waals surface area (Å²) in [4.78, 5) is 11.7. The molecule has 1 aromatic carbocycles. The van der Waals surface area contributed by atoms with Gasteiger partial charge in [-0.3, -0.25) is 4.79 Å². The van der Waals surface area contributed by atoms with Crippen LogP contribution in [0.2, 0.25) is 0 Å². The summed E-state index contributed by atoms with van der Waals surface area (Å²) in [6, 6.07) is 4.24. The average Bonchev–Trinajstić information content (AvgIpc) is 2.14. The standard InChI is InChI=1S/C9H13N3O4S/c1-12(5-8(13)14)6-3-2-4-7(9(6)10)17(11,15)16/h2-4H,5,10H2,1H3,(H,13,14)(H2,11,15,16). The van der Waals surface area contributed by atoms with Gasteiger partial charge in [0.1, 0.15) is 11.4 Å². The number of para-hydroxylation sites is 1. The Morgan fingerprint density at radius 3 is 2.53 bits per heavy atom. The van der Waals surface area contributed by atoms with Crippen LogP contribution >= 0.6 is 0 Å². The first-order valence-corrected chi connectivity index (χ1v) is 6.12. The normalized spacial score (nSPS) is 11.2. The van der Waals surface area contributed by atoms with Gasteiger partial charge >= 0.3 is 5.97 Å². The molecule has 5 N–H and O–H groups in total. The van der Waals surface area contributed by atoms with Crippen molar-refractivity contribution in [1.82, 2.24) is 0 Å². The van der Waals surface area contributed by atoms with Crippen molar-refractivity contribution >= 4 is 27.4 Å². The van der Waals surface area contributed by atoms with Crippen LogP contribution in [0.15, 0.2) is 23.1 Å². The van der Waals surface area contributed by atoms with Gasteiger partial charge in [0.05, 0.1) is 11.4 Å². The van der Waals surface area contributed by atoms with E-state index in [4.69, 9.17) is 16.0 Å². The zero-order chi connectivity index (χ0) is 13.2. The molecule has 0 amide bonds. The largest absolute Gasteiger partial charge is 0.480 e. The molecule has 0 aromatic heterocycles. The van der Waals surface area contributed by atoms with Gasteiger partial charge in [-0.2, -0.15) is 0 Å². The molecule has 0 saturated heterocycles. The van der Waals surface area contributed by atoms with Crippen LogP contribution in [0.1, 0.15) is 0 Å². The van der Waals surface area contributed by atoms with Crippen molar-refractivity contribution in [2.75, 3.05) is 24.2 Å². The van der Waals surface area contributed by atoms with Crippen LogP contribution in [0, 0.1) is 0 Å². The topological polar surface area (TPSA) is 127 Å². The number of hydrogen-bond acceptors (Lipinski definition) is 5. The number of anilines is 2. The average molecular weight is 259 g/mol. The third-order valence-corrected chi connectivity index (χ3v) is 3.10. The van der Waals surface area contributed by atoms with E-state index in [0.717, 1.165) is 0 Å². The van der Waals surface area contributed by atoms with Crippen molar-refractivity contribution in [1.29, 1.82) is 0 Å². The molecule has 0 atom stereocenters. The number of nitrogens with zero attached hydrogens (tertiary/aromatic N) is 1. The maximum Gasteiger partial charge on any atom is 0.323 e. The highest BCUT2D eigenvalue weighted by Gasteiger charge is 2.17. The summed E-state index contributed by atoms with van der Waals surface area (Å²) in [5.41, 5.74) is 5.90. The predicted octanol–water partition coefficient (Wildman–Crippen LogP) is -0.563. The van der Waals surface area contributed by atoms with E-state index in [1.54, 1.807) is 0 Å². The van der Waals surface area contributed by atoms with E-state index in [2.05, 4.69) is 0 Å². The highest BCUT2D eigenvalue weighted by molar-refractivity contribution is 7.89. The summed E-state index contributed by atoms with van der Waals surface area (Å²) in [5, 5.41) is 13.6. The second kappa shape index (κ2) is 4.60. The van der Waals surface area contributed by atoms with Crippen molar-refractivity contribution < 1.29 is 18.3 Å². The van der Waals surface area contributed by atoms with Gasteiger partial charge in [0, 0.05) is 7.05 Å². The molecule has 1 aromatic rings. The third kappa shape index (κ3) is 3.08. The monoisotopic (exact) mass is 259 g/mol. The van der Waals surface area contributed by atoms with Crippen LogP contribution in [-0.4, -0.2) is 33.1 Å². The fourth-order valence-corrected chi connectivity index (χ4v) is 2.08. The molecule has 0 aliphatic heterocycles. The summed E-state index contributed by atoms with van der Waals surface area (Å²) in [6.45, 7) is -0.293. The maximum absolute atomic E-state index is 11.2. The number of hydrogen-bond donors (Lipinski definition) is 3. The van der Waals surface area contributed by atoms with E-state index < -0.39 is 16.0 Å². The molecule has 0 heterocycles. The first kappa shape index (κ1) is 13.3. The van der Waals surface area contributed by atoms with E-state index in [0.29, 0.717) is 5.69 Å². The first-order chi connectivity index (χ1) is 7.73. The highest BCUT2D eigenvalue weighted by Crippen LogP contribution is 2.28. The molecule has 0 fully saturated rings. The molecule has 7 nitrogen and oxygen atoms in total. The Morgan fingerprint density at radius 2 is 2.06 bits per heavy atom. The molecule has 1 rings (SSSR count). The van der Waals surface area contributed by atoms with Gasteiger partial charge in [0.25, 0.3) is 0 Å². The van der Waals surface area contributed by atoms with Gasteiger partial charge < -0.3 is 15.7 Å². The van der Waals surface area contributed by atoms with Crippen LogP contribution in [0.3, 0.4) is 0 Å². The summed E-state index contributed by atoms with van der Waals surface area (Å²) < 4.78 is 22.4. The highest BCUT2D eigenvalue weighted by atomic mass is 32.2. The van der Waals surface area contributed by atoms with Crippen molar-refractivity contribution in [2.45, 2.75) is 4.90 Å². The lowest BCUT2D eigenvalue weighted by atomic mass is 10.2. The number of carboxylic acid groups (broad SMARTS) is 1. The number of carbonyl (C=O) groups is 1. The predicted molar refractivity (Wildman–Crippen MR) is 63.1 cm³/mol. The summed E-state index contributed by atoms with van der Waals surface area (Å²) in [6.07, 6.45) is 0.